The zero-order chi connectivity index (χ0) is 19.7. The zero-order valence-electron chi connectivity index (χ0n) is 15.4. The van der Waals surface area contributed by atoms with Crippen molar-refractivity contribution >= 4 is 5.82 Å². The molecule has 1 aromatic carbocycles. The Bertz CT molecular complexity index is 1140. The van der Waals surface area contributed by atoms with Crippen LogP contribution in [-0.2, 0) is 0 Å². The van der Waals surface area contributed by atoms with Crippen molar-refractivity contribution in [2.75, 3.05) is 12.8 Å². The number of aryl methyl sites for hydroxylation is 1. The van der Waals surface area contributed by atoms with Crippen LogP contribution in [0.3, 0.4) is 0 Å². The Balaban J connectivity index is 1.93. The number of anilines is 1. The summed E-state index contributed by atoms with van der Waals surface area (Å²) in [7, 11) is 1.53. The molecule has 0 radical (unpaired) electrons. The molecule has 28 heavy (non-hydrogen) atoms. The minimum atomic E-state index is -0.338. The fraction of sp³-hybridized carbons (Fsp3) is 0.0952. The van der Waals surface area contributed by atoms with Crippen molar-refractivity contribution in [3.8, 4) is 39.7 Å². The summed E-state index contributed by atoms with van der Waals surface area (Å²) in [5.74, 6) is 0.825. The molecule has 3 aromatic heterocycles. The fourth-order valence-corrected chi connectivity index (χ4v) is 3.00. The number of ether oxygens (including phenoxy) is 1. The van der Waals surface area contributed by atoms with E-state index in [1.165, 1.54) is 13.2 Å². The summed E-state index contributed by atoms with van der Waals surface area (Å²) in [4.78, 5) is 16.2. The van der Waals surface area contributed by atoms with Crippen LogP contribution in [-0.4, -0.2) is 27.0 Å². The van der Waals surface area contributed by atoms with Gasteiger partial charge in [0.2, 0.25) is 0 Å². The van der Waals surface area contributed by atoms with Gasteiger partial charge in [-0.15, -0.1) is 0 Å². The van der Waals surface area contributed by atoms with Gasteiger partial charge in [0, 0.05) is 29.7 Å². The molecule has 0 fully saturated rings. The van der Waals surface area contributed by atoms with E-state index < -0.39 is 0 Å². The molecule has 0 amide bonds. The highest BCUT2D eigenvalue weighted by molar-refractivity contribution is 5.82. The molecule has 0 aliphatic rings. The van der Waals surface area contributed by atoms with Gasteiger partial charge in [0.25, 0.3) is 0 Å². The number of aromatic nitrogens is 4. The second-order valence-electron chi connectivity index (χ2n) is 6.34. The van der Waals surface area contributed by atoms with E-state index in [1.807, 2.05) is 25.1 Å². The molecule has 6 nitrogen and oxygen atoms in total. The molecule has 0 aliphatic heterocycles. The number of nitrogens with two attached hydrogens (primary N) is 1. The summed E-state index contributed by atoms with van der Waals surface area (Å²) in [6.07, 6.45) is 5.00. The normalized spacial score (nSPS) is 10.8. The number of hydrogen-bond acceptors (Lipinski definition) is 5. The Labute approximate surface area is 161 Å². The maximum atomic E-state index is 14.5. The molecule has 4 rings (SSSR count). The van der Waals surface area contributed by atoms with Crippen LogP contribution in [0.5, 0.6) is 5.75 Å². The summed E-state index contributed by atoms with van der Waals surface area (Å²) in [6.45, 7) is 1.84. The van der Waals surface area contributed by atoms with Crippen molar-refractivity contribution in [2.45, 2.75) is 6.92 Å². The predicted molar refractivity (Wildman–Crippen MR) is 106 cm³/mol. The maximum Gasteiger partial charge on any atom is 0.166 e. The van der Waals surface area contributed by atoms with Gasteiger partial charge in [0.15, 0.2) is 11.6 Å². The summed E-state index contributed by atoms with van der Waals surface area (Å²) in [6, 6.07) is 10.5. The molecule has 0 saturated carbocycles. The van der Waals surface area contributed by atoms with Gasteiger partial charge >= 0.3 is 0 Å². The first-order valence-corrected chi connectivity index (χ1v) is 8.63. The quantitative estimate of drug-likeness (QED) is 0.557. The van der Waals surface area contributed by atoms with E-state index in [4.69, 9.17) is 10.5 Å². The molecule has 0 unspecified atom stereocenters. The highest BCUT2D eigenvalue weighted by Gasteiger charge is 2.18. The number of H-pyrrole nitrogens is 1. The van der Waals surface area contributed by atoms with Crippen molar-refractivity contribution in [2.24, 2.45) is 0 Å². The fourth-order valence-electron chi connectivity index (χ4n) is 3.00. The molecule has 4 aromatic rings. The highest BCUT2D eigenvalue weighted by atomic mass is 19.1. The Morgan fingerprint density at radius 3 is 2.57 bits per heavy atom. The number of pyridine rings is 2. The van der Waals surface area contributed by atoms with Crippen molar-refractivity contribution in [3.63, 3.8) is 0 Å². The summed E-state index contributed by atoms with van der Waals surface area (Å²) in [5.41, 5.74) is 9.98. The minimum Gasteiger partial charge on any atom is -0.493 e. The minimum absolute atomic E-state index is 0.289. The molecule has 0 aliphatic carbocycles. The van der Waals surface area contributed by atoms with Crippen LogP contribution >= 0.6 is 0 Å². The van der Waals surface area contributed by atoms with Gasteiger partial charge in [-0.1, -0.05) is 6.07 Å². The standard InChI is InChI=1S/C21H18FN5O/c1-12-3-4-15(16(22)9-12)21-26-18(13-5-7-24-8-6-13)19(27-21)14-10-17(28-2)20(23)25-11-14/h3-11H,1-2H3,(H2,23,25)(H,26,27). The first-order valence-electron chi connectivity index (χ1n) is 8.63. The SMILES string of the molecule is COc1cc(-c2nc(-c3ccc(C)cc3F)[nH]c2-c2ccncc2)cnc1N. The van der Waals surface area contributed by atoms with Crippen LogP contribution in [0.25, 0.3) is 33.9 Å². The first kappa shape index (κ1) is 17.7. The van der Waals surface area contributed by atoms with Gasteiger partial charge in [0.05, 0.1) is 24.1 Å². The number of halogens is 1. The zero-order valence-corrected chi connectivity index (χ0v) is 15.4. The lowest BCUT2D eigenvalue weighted by Gasteiger charge is -2.07. The number of nitrogens with zero attached hydrogens (tertiary/aromatic N) is 3. The van der Waals surface area contributed by atoms with Crippen LogP contribution in [0.1, 0.15) is 5.56 Å². The Hall–Kier alpha value is -3.74. The second-order valence-corrected chi connectivity index (χ2v) is 6.34. The molecular formula is C21H18FN5O. The van der Waals surface area contributed by atoms with E-state index in [-0.39, 0.29) is 11.6 Å². The van der Waals surface area contributed by atoms with E-state index in [0.717, 1.165) is 16.8 Å². The van der Waals surface area contributed by atoms with Gasteiger partial charge in [-0.2, -0.15) is 0 Å². The van der Waals surface area contributed by atoms with Crippen LogP contribution in [0.15, 0.2) is 55.0 Å². The average Bonchev–Trinajstić information content (AvgIpc) is 3.14. The summed E-state index contributed by atoms with van der Waals surface area (Å²) in [5, 5.41) is 0. The Kier molecular flexibility index (Phi) is 4.49. The lowest BCUT2D eigenvalue weighted by atomic mass is 10.1. The van der Waals surface area contributed by atoms with Crippen molar-refractivity contribution in [1.29, 1.82) is 0 Å². The first-order chi connectivity index (χ1) is 13.6. The molecule has 0 atom stereocenters. The number of benzene rings is 1. The van der Waals surface area contributed by atoms with Gasteiger partial charge in [-0.05, 0) is 42.8 Å². The van der Waals surface area contributed by atoms with Crippen molar-refractivity contribution < 1.29 is 9.13 Å². The maximum absolute atomic E-state index is 14.5. The third kappa shape index (κ3) is 3.18. The van der Waals surface area contributed by atoms with Crippen LogP contribution in [0.2, 0.25) is 0 Å². The van der Waals surface area contributed by atoms with E-state index in [2.05, 4.69) is 19.9 Å². The lowest BCUT2D eigenvalue weighted by molar-refractivity contribution is 0.415. The number of aromatic amines is 1. The number of imidazole rings is 1. The van der Waals surface area contributed by atoms with Gasteiger partial charge in [-0.3, -0.25) is 4.98 Å². The smallest absolute Gasteiger partial charge is 0.166 e. The molecule has 3 heterocycles. The molecular weight excluding hydrogens is 357 g/mol. The van der Waals surface area contributed by atoms with Crippen molar-refractivity contribution in [1.82, 2.24) is 19.9 Å². The second kappa shape index (κ2) is 7.11. The number of rotatable bonds is 4. The average molecular weight is 375 g/mol. The molecule has 7 heteroatoms. The van der Waals surface area contributed by atoms with E-state index in [1.54, 1.807) is 30.7 Å². The highest BCUT2D eigenvalue weighted by Crippen LogP contribution is 2.35. The lowest BCUT2D eigenvalue weighted by Crippen LogP contribution is -1.96. The van der Waals surface area contributed by atoms with Crippen LogP contribution in [0.4, 0.5) is 10.2 Å². The predicted octanol–water partition coefficient (Wildman–Crippen LogP) is 4.24. The number of hydrogen-bond donors (Lipinski definition) is 2. The summed E-state index contributed by atoms with van der Waals surface area (Å²) >= 11 is 0. The molecule has 0 spiro atoms. The van der Waals surface area contributed by atoms with Crippen LogP contribution in [0, 0.1) is 12.7 Å². The monoisotopic (exact) mass is 375 g/mol. The van der Waals surface area contributed by atoms with Crippen molar-refractivity contribution in [3.05, 3.63) is 66.4 Å². The van der Waals surface area contributed by atoms with Gasteiger partial charge in [0.1, 0.15) is 11.6 Å². The Morgan fingerprint density at radius 2 is 1.86 bits per heavy atom. The van der Waals surface area contributed by atoms with E-state index >= 15 is 0 Å². The van der Waals surface area contributed by atoms with E-state index in [9.17, 15) is 4.39 Å². The van der Waals surface area contributed by atoms with Gasteiger partial charge in [-0.25, -0.2) is 14.4 Å². The summed E-state index contributed by atoms with van der Waals surface area (Å²) < 4.78 is 19.8. The van der Waals surface area contributed by atoms with Crippen LogP contribution < -0.4 is 10.5 Å². The number of methoxy groups -OCH3 is 1. The molecule has 0 saturated heterocycles. The Morgan fingerprint density at radius 1 is 1.07 bits per heavy atom. The third-order valence-corrected chi connectivity index (χ3v) is 4.43. The third-order valence-electron chi connectivity index (χ3n) is 4.43. The molecule has 0 bridgehead atoms. The van der Waals surface area contributed by atoms with E-state index in [0.29, 0.717) is 28.4 Å². The largest absolute Gasteiger partial charge is 0.493 e. The molecule has 3 N–H and O–H groups in total. The number of nitrogens with one attached hydrogen (secondary N) is 1. The van der Waals surface area contributed by atoms with Gasteiger partial charge < -0.3 is 15.5 Å². The topological polar surface area (TPSA) is 89.7 Å². The number of nitrogen functional groups attached to an aromatic ring is 1. The molecule has 140 valence electrons.